The Balaban J connectivity index is 2.25. The molecule has 0 N–H and O–H groups in total. The maximum Gasteiger partial charge on any atom is 0.351 e. The molecule has 0 spiro atoms. The van der Waals surface area contributed by atoms with Gasteiger partial charge in [0.05, 0.1) is 7.11 Å². The van der Waals surface area contributed by atoms with E-state index in [1.807, 2.05) is 24.3 Å². The summed E-state index contributed by atoms with van der Waals surface area (Å²) in [5, 5.41) is 0.403. The second kappa shape index (κ2) is 6.03. The molecule has 0 aliphatic heterocycles. The number of thiazole rings is 1. The van der Waals surface area contributed by atoms with Gasteiger partial charge in [0.1, 0.15) is 5.75 Å². The van der Waals surface area contributed by atoms with Crippen molar-refractivity contribution in [2.24, 2.45) is 0 Å². The third-order valence-electron chi connectivity index (χ3n) is 2.84. The van der Waals surface area contributed by atoms with E-state index in [9.17, 15) is 4.79 Å². The molecule has 0 radical (unpaired) electrons. The zero-order valence-corrected chi connectivity index (χ0v) is 13.8. The van der Waals surface area contributed by atoms with Gasteiger partial charge in [-0.3, -0.25) is 0 Å². The molecular formula is C15H16ClNO3S. The van der Waals surface area contributed by atoms with Crippen LogP contribution in [0.2, 0.25) is 5.15 Å². The average Bonchev–Trinajstić information content (AvgIpc) is 2.78. The Labute approximate surface area is 132 Å². The molecule has 0 unspecified atom stereocenters. The maximum absolute atomic E-state index is 11.5. The van der Waals surface area contributed by atoms with Gasteiger partial charge in [0.25, 0.3) is 5.19 Å². The number of hydrogen-bond acceptors (Lipinski definition) is 5. The first-order valence-electron chi connectivity index (χ1n) is 6.34. The summed E-state index contributed by atoms with van der Waals surface area (Å²) in [7, 11) is 1.30. The number of esters is 1. The van der Waals surface area contributed by atoms with Gasteiger partial charge in [0, 0.05) is 0 Å². The first-order valence-corrected chi connectivity index (χ1v) is 7.54. The summed E-state index contributed by atoms with van der Waals surface area (Å²) in [5.41, 5.74) is 1.17. The number of rotatable bonds is 3. The molecule has 2 aromatic rings. The molecule has 1 heterocycles. The molecule has 1 aromatic carbocycles. The standard InChI is InChI=1S/C15H16ClNO3S/c1-15(2,3)9-6-5-7-10(8-9)20-14-17-12(16)11(21-14)13(18)19-4/h5-8H,1-4H3. The van der Waals surface area contributed by atoms with E-state index >= 15 is 0 Å². The SMILES string of the molecule is COC(=O)c1sc(Oc2cccc(C(C)(C)C)c2)nc1Cl. The Kier molecular flexibility index (Phi) is 4.54. The van der Waals surface area contributed by atoms with E-state index in [1.165, 1.54) is 7.11 Å². The minimum absolute atomic E-state index is 0.0249. The first kappa shape index (κ1) is 15.8. The number of carbonyl (C=O) groups excluding carboxylic acids is 1. The maximum atomic E-state index is 11.5. The number of ether oxygens (including phenoxy) is 2. The van der Waals surface area contributed by atoms with Crippen LogP contribution in [0.3, 0.4) is 0 Å². The van der Waals surface area contributed by atoms with E-state index in [2.05, 4.69) is 30.5 Å². The number of aromatic nitrogens is 1. The molecule has 0 aliphatic carbocycles. The number of hydrogen-bond donors (Lipinski definition) is 0. The number of nitrogens with zero attached hydrogens (tertiary/aromatic N) is 1. The molecule has 1 aromatic heterocycles. The molecule has 0 saturated heterocycles. The van der Waals surface area contributed by atoms with Crippen LogP contribution in [-0.2, 0) is 10.2 Å². The van der Waals surface area contributed by atoms with E-state index in [0.717, 1.165) is 16.9 Å². The Morgan fingerprint density at radius 1 is 1.33 bits per heavy atom. The number of carbonyl (C=O) groups is 1. The quantitative estimate of drug-likeness (QED) is 0.769. The lowest BCUT2D eigenvalue weighted by atomic mass is 9.87. The van der Waals surface area contributed by atoms with Crippen LogP contribution in [0.5, 0.6) is 10.9 Å². The molecule has 6 heteroatoms. The first-order chi connectivity index (χ1) is 9.81. The highest BCUT2D eigenvalue weighted by molar-refractivity contribution is 7.15. The molecule has 4 nitrogen and oxygen atoms in total. The van der Waals surface area contributed by atoms with Crippen LogP contribution in [0.25, 0.3) is 0 Å². The number of methoxy groups -OCH3 is 1. The van der Waals surface area contributed by atoms with Gasteiger partial charge in [-0.05, 0) is 23.1 Å². The largest absolute Gasteiger partial charge is 0.465 e. The van der Waals surface area contributed by atoms with E-state index < -0.39 is 5.97 Å². The van der Waals surface area contributed by atoms with E-state index in [1.54, 1.807) is 0 Å². The molecular weight excluding hydrogens is 310 g/mol. The minimum atomic E-state index is -0.518. The van der Waals surface area contributed by atoms with Gasteiger partial charge < -0.3 is 9.47 Å². The summed E-state index contributed by atoms with van der Waals surface area (Å²) < 4.78 is 10.3. The molecule has 2 rings (SSSR count). The van der Waals surface area contributed by atoms with Crippen molar-refractivity contribution in [2.45, 2.75) is 26.2 Å². The van der Waals surface area contributed by atoms with Gasteiger partial charge in [-0.2, -0.15) is 4.98 Å². The normalized spacial score (nSPS) is 11.3. The van der Waals surface area contributed by atoms with Gasteiger partial charge in [0.2, 0.25) is 0 Å². The van der Waals surface area contributed by atoms with Gasteiger partial charge in [-0.15, -0.1) is 0 Å². The zero-order valence-electron chi connectivity index (χ0n) is 12.3. The fourth-order valence-corrected chi connectivity index (χ4v) is 2.74. The van der Waals surface area contributed by atoms with Crippen molar-refractivity contribution >= 4 is 28.9 Å². The van der Waals surface area contributed by atoms with Crippen molar-refractivity contribution in [2.75, 3.05) is 7.11 Å². The summed E-state index contributed by atoms with van der Waals surface area (Å²) in [5.74, 6) is 0.139. The van der Waals surface area contributed by atoms with Crippen LogP contribution in [0, 0.1) is 0 Å². The number of benzene rings is 1. The molecule has 0 atom stereocenters. The van der Waals surface area contributed by atoms with Crippen molar-refractivity contribution in [3.8, 4) is 10.9 Å². The van der Waals surface area contributed by atoms with Crippen molar-refractivity contribution in [3.63, 3.8) is 0 Å². The minimum Gasteiger partial charge on any atom is -0.465 e. The van der Waals surface area contributed by atoms with Gasteiger partial charge in [0.15, 0.2) is 10.0 Å². The zero-order chi connectivity index (χ0) is 15.6. The molecule has 0 fully saturated rings. The lowest BCUT2D eigenvalue weighted by Gasteiger charge is -2.19. The summed E-state index contributed by atoms with van der Waals surface area (Å²) in [4.78, 5) is 15.8. The van der Waals surface area contributed by atoms with Crippen molar-refractivity contribution in [1.29, 1.82) is 0 Å². The van der Waals surface area contributed by atoms with Gasteiger partial charge >= 0.3 is 5.97 Å². The Morgan fingerprint density at radius 2 is 2.05 bits per heavy atom. The average molecular weight is 326 g/mol. The number of halogens is 1. The second-order valence-corrected chi connectivity index (χ2v) is 6.79. The fourth-order valence-electron chi connectivity index (χ4n) is 1.67. The summed E-state index contributed by atoms with van der Waals surface area (Å²) in [6, 6.07) is 7.75. The molecule has 112 valence electrons. The van der Waals surface area contributed by atoms with Crippen molar-refractivity contribution in [3.05, 3.63) is 39.9 Å². The highest BCUT2D eigenvalue weighted by Crippen LogP contribution is 2.34. The van der Waals surface area contributed by atoms with Crippen LogP contribution in [0.1, 0.15) is 36.0 Å². The molecule has 0 bridgehead atoms. The van der Waals surface area contributed by atoms with Crippen LogP contribution >= 0.6 is 22.9 Å². The fraction of sp³-hybridized carbons (Fsp3) is 0.333. The predicted octanol–water partition coefficient (Wildman–Crippen LogP) is 4.67. The third-order valence-corrected chi connectivity index (χ3v) is 4.14. The van der Waals surface area contributed by atoms with E-state index in [0.29, 0.717) is 10.9 Å². The van der Waals surface area contributed by atoms with Crippen LogP contribution in [0.15, 0.2) is 24.3 Å². The molecule has 0 aliphatic rings. The van der Waals surface area contributed by atoms with Gasteiger partial charge in [-0.25, -0.2) is 4.79 Å². The topological polar surface area (TPSA) is 48.4 Å². The summed E-state index contributed by atoms with van der Waals surface area (Å²) >= 11 is 6.97. The van der Waals surface area contributed by atoms with Crippen LogP contribution in [-0.4, -0.2) is 18.1 Å². The van der Waals surface area contributed by atoms with E-state index in [-0.39, 0.29) is 15.4 Å². The highest BCUT2D eigenvalue weighted by Gasteiger charge is 2.19. The van der Waals surface area contributed by atoms with Crippen molar-refractivity contribution < 1.29 is 14.3 Å². The van der Waals surface area contributed by atoms with E-state index in [4.69, 9.17) is 16.3 Å². The lowest BCUT2D eigenvalue weighted by molar-refractivity contribution is 0.0606. The second-order valence-electron chi connectivity index (χ2n) is 5.47. The Hall–Kier alpha value is -1.59. The summed E-state index contributed by atoms with van der Waals surface area (Å²) in [6.07, 6.45) is 0. The van der Waals surface area contributed by atoms with Crippen LogP contribution in [0.4, 0.5) is 0 Å². The molecule has 0 saturated carbocycles. The molecule has 0 amide bonds. The molecule has 21 heavy (non-hydrogen) atoms. The third kappa shape index (κ3) is 3.74. The lowest BCUT2D eigenvalue weighted by Crippen LogP contribution is -2.10. The van der Waals surface area contributed by atoms with Gasteiger partial charge in [-0.1, -0.05) is 55.8 Å². The highest BCUT2D eigenvalue weighted by atomic mass is 35.5. The predicted molar refractivity (Wildman–Crippen MR) is 83.7 cm³/mol. The smallest absolute Gasteiger partial charge is 0.351 e. The monoisotopic (exact) mass is 325 g/mol. The van der Waals surface area contributed by atoms with Crippen molar-refractivity contribution in [1.82, 2.24) is 4.98 Å². The Morgan fingerprint density at radius 3 is 2.67 bits per heavy atom. The Bertz CT molecular complexity index is 661. The van der Waals surface area contributed by atoms with Crippen LogP contribution < -0.4 is 4.74 Å². The summed E-state index contributed by atoms with van der Waals surface area (Å²) in [6.45, 7) is 6.38.